The Labute approximate surface area is 137 Å². The average Bonchev–Trinajstić information content (AvgIpc) is 3.20. The second kappa shape index (κ2) is 6.46. The molecule has 1 aliphatic heterocycles. The smallest absolute Gasteiger partial charge is 0.233 e. The van der Waals surface area contributed by atoms with Crippen molar-refractivity contribution in [2.75, 3.05) is 19.6 Å². The molecule has 0 spiro atoms. The minimum Gasteiger partial charge on any atom is -0.343 e. The third kappa shape index (κ3) is 2.70. The highest BCUT2D eigenvalue weighted by Crippen LogP contribution is 2.52. The van der Waals surface area contributed by atoms with Gasteiger partial charge in [0.25, 0.3) is 0 Å². The van der Waals surface area contributed by atoms with Crippen LogP contribution in [0.5, 0.6) is 0 Å². The van der Waals surface area contributed by atoms with Gasteiger partial charge in [-0.2, -0.15) is 0 Å². The van der Waals surface area contributed by atoms with Gasteiger partial charge in [0, 0.05) is 26.1 Å². The number of carbonyl (C=O) groups excluding carboxylic acids is 3. The van der Waals surface area contributed by atoms with E-state index in [-0.39, 0.29) is 54.4 Å². The number of nitrogens with zero attached hydrogens (tertiary/aromatic N) is 2. The van der Waals surface area contributed by atoms with Crippen molar-refractivity contribution in [2.45, 2.75) is 39.5 Å². The molecule has 2 fully saturated rings. The van der Waals surface area contributed by atoms with Crippen LogP contribution in [0.4, 0.5) is 0 Å². The summed E-state index contributed by atoms with van der Waals surface area (Å²) in [6.07, 6.45) is 7.23. The lowest BCUT2D eigenvalue weighted by molar-refractivity contribution is -0.141. The minimum atomic E-state index is -0.157. The predicted molar refractivity (Wildman–Crippen MR) is 86.2 cm³/mol. The van der Waals surface area contributed by atoms with Crippen LogP contribution < -0.4 is 0 Å². The van der Waals surface area contributed by atoms with Crippen molar-refractivity contribution in [3.05, 3.63) is 12.2 Å². The number of likely N-dealkylation sites (tertiary alicyclic amines) is 1. The molecule has 0 radical (unpaired) electrons. The summed E-state index contributed by atoms with van der Waals surface area (Å²) >= 11 is 0. The summed E-state index contributed by atoms with van der Waals surface area (Å²) < 4.78 is 0. The average molecular weight is 318 g/mol. The van der Waals surface area contributed by atoms with Crippen LogP contribution in [0.3, 0.4) is 0 Å². The molecule has 2 aliphatic carbocycles. The molecule has 126 valence electrons. The van der Waals surface area contributed by atoms with Crippen molar-refractivity contribution in [1.82, 2.24) is 9.80 Å². The molecule has 0 N–H and O–H groups in total. The summed E-state index contributed by atoms with van der Waals surface area (Å²) in [7, 11) is 0. The first kappa shape index (κ1) is 16.2. The van der Waals surface area contributed by atoms with E-state index in [9.17, 15) is 14.4 Å². The Morgan fingerprint density at radius 2 is 1.61 bits per heavy atom. The van der Waals surface area contributed by atoms with E-state index in [4.69, 9.17) is 0 Å². The summed E-state index contributed by atoms with van der Waals surface area (Å²) in [5.74, 6) is 0.0967. The first-order valence-electron chi connectivity index (χ1n) is 8.89. The maximum atomic E-state index is 12.6. The van der Waals surface area contributed by atoms with E-state index in [0.29, 0.717) is 0 Å². The van der Waals surface area contributed by atoms with Gasteiger partial charge in [-0.1, -0.05) is 26.0 Å². The summed E-state index contributed by atoms with van der Waals surface area (Å²) in [6.45, 7) is 5.83. The van der Waals surface area contributed by atoms with Gasteiger partial charge in [-0.15, -0.1) is 0 Å². The SMILES string of the molecule is CCCN(CCC)C(=O)CCN1C(=O)[C@H]2[C@H](C1=O)[C@H]1C=C[C@H]2C1. The molecule has 23 heavy (non-hydrogen) atoms. The lowest BCUT2D eigenvalue weighted by Crippen LogP contribution is -2.38. The van der Waals surface area contributed by atoms with Crippen LogP contribution in [-0.2, 0) is 14.4 Å². The molecule has 3 aliphatic rings. The minimum absolute atomic E-state index is 0.0486. The Hall–Kier alpha value is -1.65. The Balaban J connectivity index is 1.60. The highest BCUT2D eigenvalue weighted by atomic mass is 16.2. The first-order valence-corrected chi connectivity index (χ1v) is 8.89. The van der Waals surface area contributed by atoms with E-state index in [2.05, 4.69) is 12.2 Å². The fraction of sp³-hybridized carbons (Fsp3) is 0.722. The van der Waals surface area contributed by atoms with E-state index < -0.39 is 0 Å². The van der Waals surface area contributed by atoms with Crippen LogP contribution in [-0.4, -0.2) is 47.2 Å². The fourth-order valence-electron chi connectivity index (χ4n) is 4.45. The monoisotopic (exact) mass is 318 g/mol. The zero-order valence-electron chi connectivity index (χ0n) is 14.0. The maximum Gasteiger partial charge on any atom is 0.233 e. The van der Waals surface area contributed by atoms with E-state index in [0.717, 1.165) is 32.4 Å². The molecular weight excluding hydrogens is 292 g/mol. The third-order valence-electron chi connectivity index (χ3n) is 5.45. The first-order chi connectivity index (χ1) is 11.1. The normalized spacial score (nSPS) is 31.1. The van der Waals surface area contributed by atoms with Crippen molar-refractivity contribution < 1.29 is 14.4 Å². The number of rotatable bonds is 7. The number of imide groups is 1. The zero-order valence-corrected chi connectivity index (χ0v) is 14.0. The summed E-state index contributed by atoms with van der Waals surface area (Å²) in [5.41, 5.74) is 0. The van der Waals surface area contributed by atoms with Crippen LogP contribution in [0.25, 0.3) is 0 Å². The van der Waals surface area contributed by atoms with Crippen LogP contribution >= 0.6 is 0 Å². The van der Waals surface area contributed by atoms with Gasteiger partial charge in [-0.05, 0) is 31.1 Å². The molecule has 1 heterocycles. The lowest BCUT2D eigenvalue weighted by atomic mass is 9.85. The number of amides is 3. The Bertz CT molecular complexity index is 506. The van der Waals surface area contributed by atoms with Gasteiger partial charge >= 0.3 is 0 Å². The maximum absolute atomic E-state index is 12.6. The van der Waals surface area contributed by atoms with Crippen molar-refractivity contribution in [3.63, 3.8) is 0 Å². The molecule has 5 nitrogen and oxygen atoms in total. The van der Waals surface area contributed by atoms with Gasteiger partial charge in [0.15, 0.2) is 0 Å². The van der Waals surface area contributed by atoms with Gasteiger partial charge in [-0.25, -0.2) is 0 Å². The molecule has 1 saturated carbocycles. The highest BCUT2D eigenvalue weighted by molar-refractivity contribution is 6.06. The van der Waals surface area contributed by atoms with E-state index in [1.54, 1.807) is 0 Å². The van der Waals surface area contributed by atoms with Crippen molar-refractivity contribution >= 4 is 17.7 Å². The van der Waals surface area contributed by atoms with Crippen LogP contribution in [0, 0.1) is 23.7 Å². The molecule has 4 atom stereocenters. The number of carbonyl (C=O) groups is 3. The summed E-state index contributed by atoms with van der Waals surface area (Å²) in [4.78, 5) is 40.7. The van der Waals surface area contributed by atoms with Gasteiger partial charge in [-0.3, -0.25) is 19.3 Å². The van der Waals surface area contributed by atoms with Gasteiger partial charge in [0.1, 0.15) is 0 Å². The molecule has 0 unspecified atom stereocenters. The molecule has 0 aromatic heterocycles. The van der Waals surface area contributed by atoms with Crippen molar-refractivity contribution in [1.29, 1.82) is 0 Å². The Kier molecular flexibility index (Phi) is 4.55. The highest BCUT2D eigenvalue weighted by Gasteiger charge is 2.59. The molecule has 2 bridgehead atoms. The van der Waals surface area contributed by atoms with Crippen LogP contribution in [0.1, 0.15) is 39.5 Å². The topological polar surface area (TPSA) is 57.7 Å². The fourth-order valence-corrected chi connectivity index (χ4v) is 4.45. The van der Waals surface area contributed by atoms with E-state index in [1.165, 1.54) is 4.90 Å². The lowest BCUT2D eigenvalue weighted by Gasteiger charge is -2.23. The number of fused-ring (bicyclic) bond motifs is 5. The summed E-state index contributed by atoms with van der Waals surface area (Å²) in [6, 6.07) is 0. The number of allylic oxidation sites excluding steroid dienone is 2. The third-order valence-corrected chi connectivity index (χ3v) is 5.45. The molecule has 3 rings (SSSR count). The second-order valence-corrected chi connectivity index (χ2v) is 6.96. The van der Waals surface area contributed by atoms with E-state index in [1.807, 2.05) is 18.7 Å². The predicted octanol–water partition coefficient (Wildman–Crippen LogP) is 1.83. The van der Waals surface area contributed by atoms with Crippen molar-refractivity contribution in [3.8, 4) is 0 Å². The van der Waals surface area contributed by atoms with Gasteiger partial charge < -0.3 is 4.90 Å². The zero-order chi connectivity index (χ0) is 16.6. The van der Waals surface area contributed by atoms with Crippen LogP contribution in [0.2, 0.25) is 0 Å². The quantitative estimate of drug-likeness (QED) is 0.531. The number of hydrogen-bond acceptors (Lipinski definition) is 3. The molecule has 0 aromatic carbocycles. The summed E-state index contributed by atoms with van der Waals surface area (Å²) in [5, 5.41) is 0. The molecular formula is C18H26N2O3. The number of hydrogen-bond donors (Lipinski definition) is 0. The molecule has 0 aromatic rings. The molecule has 1 saturated heterocycles. The largest absolute Gasteiger partial charge is 0.343 e. The molecule has 3 amide bonds. The van der Waals surface area contributed by atoms with Crippen LogP contribution in [0.15, 0.2) is 12.2 Å². The van der Waals surface area contributed by atoms with Gasteiger partial charge in [0.2, 0.25) is 17.7 Å². The van der Waals surface area contributed by atoms with Crippen molar-refractivity contribution in [2.24, 2.45) is 23.7 Å². The Morgan fingerprint density at radius 1 is 1.09 bits per heavy atom. The van der Waals surface area contributed by atoms with Gasteiger partial charge in [0.05, 0.1) is 11.8 Å². The molecule has 5 heteroatoms. The Morgan fingerprint density at radius 3 is 2.09 bits per heavy atom. The standard InChI is InChI=1S/C18H26N2O3/c1-3-8-19(9-4-2)14(21)7-10-20-17(22)15-12-5-6-13(11-12)16(15)18(20)23/h5-6,12-13,15-16H,3-4,7-11H2,1-2H3/t12-,13-,15+,16+/m0/s1. The van der Waals surface area contributed by atoms with E-state index >= 15 is 0 Å². The second-order valence-electron chi connectivity index (χ2n) is 6.96.